The molecule has 0 unspecified atom stereocenters. The van der Waals surface area contributed by atoms with Crippen molar-refractivity contribution in [2.24, 2.45) is 0 Å². The smallest absolute Gasteiger partial charge is 0.410 e. The second-order valence-electron chi connectivity index (χ2n) is 12.7. The zero-order chi connectivity index (χ0) is 33.5. The molecule has 0 saturated carbocycles. The molecular weight excluding hydrogens is 588 g/mol. The van der Waals surface area contributed by atoms with E-state index in [1.54, 1.807) is 80.4 Å². The normalized spacial score (nSPS) is 13.3. The summed E-state index contributed by atoms with van der Waals surface area (Å²) in [5, 5.41) is 8.23. The van der Waals surface area contributed by atoms with E-state index >= 15 is 0 Å². The number of alkyl carbamates (subject to hydrolysis) is 1. The van der Waals surface area contributed by atoms with E-state index in [0.29, 0.717) is 42.0 Å². The van der Waals surface area contributed by atoms with Crippen LogP contribution in [0.5, 0.6) is 0 Å². The van der Waals surface area contributed by atoms with Gasteiger partial charge in [-0.15, -0.1) is 0 Å². The van der Waals surface area contributed by atoms with E-state index < -0.39 is 23.2 Å². The first-order valence-corrected chi connectivity index (χ1v) is 14.9. The minimum absolute atomic E-state index is 0.284. The van der Waals surface area contributed by atoms with Gasteiger partial charge in [-0.05, 0) is 95.5 Å². The molecule has 1 aliphatic rings. The van der Waals surface area contributed by atoms with Crippen LogP contribution in [0.15, 0.2) is 67.0 Å². The Labute approximate surface area is 268 Å². The molecule has 0 spiro atoms. The lowest BCUT2D eigenvalue weighted by molar-refractivity contribution is 0.0270. The van der Waals surface area contributed by atoms with Gasteiger partial charge in [0.15, 0.2) is 5.82 Å². The van der Waals surface area contributed by atoms with Crippen LogP contribution in [0.3, 0.4) is 0 Å². The van der Waals surface area contributed by atoms with Gasteiger partial charge in [0.25, 0.3) is 11.8 Å². The van der Waals surface area contributed by atoms with E-state index in [0.717, 1.165) is 11.1 Å². The quantitative estimate of drug-likeness (QED) is 0.287. The standard InChI is InChI=1S/C34H40N6O6/c1-33(2,3)45-31(43)37-19-22-7-13-26(14-8-22)38-29(41)24-9-11-25(12-10-24)30(42)39-28-21-35-27(20-36-28)23-15-17-40(18-16-23)32(44)46-34(4,5)6/h7-15,20-21H,16-19H2,1-6H3,(H,37,43)(H,38,41)(H,36,39,42). The fourth-order valence-electron chi connectivity index (χ4n) is 4.31. The van der Waals surface area contributed by atoms with E-state index in [1.807, 2.05) is 26.8 Å². The molecule has 2 heterocycles. The number of benzene rings is 2. The Hall–Kier alpha value is -5.26. The summed E-state index contributed by atoms with van der Waals surface area (Å²) < 4.78 is 10.7. The average molecular weight is 629 g/mol. The monoisotopic (exact) mass is 628 g/mol. The van der Waals surface area contributed by atoms with Gasteiger partial charge in [-0.1, -0.05) is 18.2 Å². The number of nitrogens with one attached hydrogen (secondary N) is 3. The number of ether oxygens (including phenoxy) is 2. The largest absolute Gasteiger partial charge is 0.444 e. The highest BCUT2D eigenvalue weighted by Gasteiger charge is 2.24. The van der Waals surface area contributed by atoms with E-state index in [1.165, 1.54) is 6.20 Å². The summed E-state index contributed by atoms with van der Waals surface area (Å²) in [5.41, 5.74) is 2.66. The van der Waals surface area contributed by atoms with Gasteiger partial charge in [0.1, 0.15) is 11.2 Å². The number of carbonyl (C=O) groups is 4. The lowest BCUT2D eigenvalue weighted by Gasteiger charge is -2.29. The third-order valence-electron chi connectivity index (χ3n) is 6.54. The molecule has 12 nitrogen and oxygen atoms in total. The summed E-state index contributed by atoms with van der Waals surface area (Å²) >= 11 is 0. The molecule has 0 fully saturated rings. The van der Waals surface area contributed by atoms with Crippen molar-refractivity contribution in [1.82, 2.24) is 20.2 Å². The van der Waals surface area contributed by atoms with Crippen molar-refractivity contribution in [2.75, 3.05) is 23.7 Å². The number of anilines is 2. The molecule has 1 aromatic heterocycles. The molecule has 3 aromatic rings. The second kappa shape index (κ2) is 14.2. The summed E-state index contributed by atoms with van der Waals surface area (Å²) in [4.78, 5) is 60.1. The Morgan fingerprint density at radius 3 is 1.91 bits per heavy atom. The van der Waals surface area contributed by atoms with Gasteiger partial charge < -0.3 is 30.3 Å². The number of rotatable bonds is 7. The van der Waals surface area contributed by atoms with Gasteiger partial charge in [0.05, 0.1) is 18.1 Å². The van der Waals surface area contributed by atoms with Crippen LogP contribution in [0.1, 0.15) is 79.9 Å². The van der Waals surface area contributed by atoms with Crippen molar-refractivity contribution >= 4 is 41.1 Å². The number of aromatic nitrogens is 2. The SMILES string of the molecule is CC(C)(C)OC(=O)NCc1ccc(NC(=O)c2ccc(C(=O)Nc3cnc(C4=CCN(C(=O)OC(C)(C)C)CC4)cn3)cc2)cc1. The predicted molar refractivity (Wildman–Crippen MR) is 174 cm³/mol. The van der Waals surface area contributed by atoms with Gasteiger partial charge in [-0.2, -0.15) is 0 Å². The van der Waals surface area contributed by atoms with E-state index in [-0.39, 0.29) is 24.4 Å². The third-order valence-corrected chi connectivity index (χ3v) is 6.54. The van der Waals surface area contributed by atoms with Crippen molar-refractivity contribution in [1.29, 1.82) is 0 Å². The van der Waals surface area contributed by atoms with Gasteiger partial charge in [-0.25, -0.2) is 14.6 Å². The summed E-state index contributed by atoms with van der Waals surface area (Å²) in [6.07, 6.45) is 4.75. The Morgan fingerprint density at radius 1 is 0.783 bits per heavy atom. The number of nitrogens with zero attached hydrogens (tertiary/aromatic N) is 3. The van der Waals surface area contributed by atoms with Crippen LogP contribution in [-0.4, -0.2) is 63.2 Å². The van der Waals surface area contributed by atoms with Crippen molar-refractivity contribution in [3.05, 3.63) is 89.4 Å². The molecule has 46 heavy (non-hydrogen) atoms. The van der Waals surface area contributed by atoms with Crippen LogP contribution >= 0.6 is 0 Å². The van der Waals surface area contributed by atoms with Crippen LogP contribution in [0, 0.1) is 0 Å². The summed E-state index contributed by atoms with van der Waals surface area (Å²) in [7, 11) is 0. The molecular formula is C34H40N6O6. The van der Waals surface area contributed by atoms with Crippen LogP contribution in [0.2, 0.25) is 0 Å². The molecule has 0 saturated heterocycles. The Bertz CT molecular complexity index is 1590. The molecule has 242 valence electrons. The molecule has 0 atom stereocenters. The molecule has 2 aromatic carbocycles. The molecule has 1 aliphatic heterocycles. The zero-order valence-electron chi connectivity index (χ0n) is 27.0. The predicted octanol–water partition coefficient (Wildman–Crippen LogP) is 6.03. The first kappa shape index (κ1) is 33.6. The van der Waals surface area contributed by atoms with Crippen LogP contribution < -0.4 is 16.0 Å². The number of hydrogen-bond acceptors (Lipinski definition) is 8. The van der Waals surface area contributed by atoms with E-state index in [9.17, 15) is 19.2 Å². The van der Waals surface area contributed by atoms with Crippen LogP contribution in [-0.2, 0) is 16.0 Å². The molecule has 12 heteroatoms. The van der Waals surface area contributed by atoms with Gasteiger partial charge >= 0.3 is 12.2 Å². The van der Waals surface area contributed by atoms with Crippen LogP contribution in [0.4, 0.5) is 21.1 Å². The lowest BCUT2D eigenvalue weighted by Crippen LogP contribution is -2.39. The second-order valence-corrected chi connectivity index (χ2v) is 12.7. The highest BCUT2D eigenvalue weighted by Crippen LogP contribution is 2.22. The Kier molecular flexibility index (Phi) is 10.4. The maximum Gasteiger partial charge on any atom is 0.410 e. The molecule has 0 radical (unpaired) electrons. The molecule has 4 rings (SSSR count). The minimum atomic E-state index is -0.577. The number of hydrogen-bond donors (Lipinski definition) is 3. The van der Waals surface area contributed by atoms with E-state index in [4.69, 9.17) is 9.47 Å². The molecule has 0 aliphatic carbocycles. The topological polar surface area (TPSA) is 152 Å². The molecule has 3 N–H and O–H groups in total. The first-order valence-electron chi connectivity index (χ1n) is 14.9. The van der Waals surface area contributed by atoms with Crippen molar-refractivity contribution in [3.63, 3.8) is 0 Å². The fraction of sp³-hybridized carbons (Fsp3) is 0.353. The van der Waals surface area contributed by atoms with Gasteiger partial charge in [0, 0.05) is 36.4 Å². The maximum atomic E-state index is 12.8. The minimum Gasteiger partial charge on any atom is -0.444 e. The van der Waals surface area contributed by atoms with Gasteiger partial charge in [-0.3, -0.25) is 14.6 Å². The fourth-order valence-corrected chi connectivity index (χ4v) is 4.31. The average Bonchev–Trinajstić information content (AvgIpc) is 2.99. The van der Waals surface area contributed by atoms with Gasteiger partial charge in [0.2, 0.25) is 0 Å². The lowest BCUT2D eigenvalue weighted by atomic mass is 10.1. The van der Waals surface area contributed by atoms with E-state index in [2.05, 4.69) is 25.9 Å². The summed E-state index contributed by atoms with van der Waals surface area (Å²) in [5.74, 6) is -0.444. The van der Waals surface area contributed by atoms with Crippen molar-refractivity contribution in [3.8, 4) is 0 Å². The zero-order valence-corrected chi connectivity index (χ0v) is 27.0. The summed E-state index contributed by atoms with van der Waals surface area (Å²) in [6.45, 7) is 12.1. The van der Waals surface area contributed by atoms with Crippen LogP contribution in [0.25, 0.3) is 5.57 Å². The molecule has 0 bridgehead atoms. The number of carbonyl (C=O) groups excluding carboxylic acids is 4. The van der Waals surface area contributed by atoms with Crippen molar-refractivity contribution < 1.29 is 28.7 Å². The highest BCUT2D eigenvalue weighted by molar-refractivity contribution is 6.07. The number of amides is 4. The first-order chi connectivity index (χ1) is 21.6. The van der Waals surface area contributed by atoms with Crippen molar-refractivity contribution in [2.45, 2.75) is 65.7 Å². The third kappa shape index (κ3) is 10.1. The Balaban J connectivity index is 1.26. The summed E-state index contributed by atoms with van der Waals surface area (Å²) in [6, 6.07) is 13.3. The Morgan fingerprint density at radius 2 is 1.39 bits per heavy atom. The highest BCUT2D eigenvalue weighted by atomic mass is 16.6. The molecule has 4 amide bonds. The maximum absolute atomic E-state index is 12.8.